The molecule has 0 atom stereocenters. The summed E-state index contributed by atoms with van der Waals surface area (Å²) >= 11 is 0. The van der Waals surface area contributed by atoms with Gasteiger partial charge >= 0.3 is 0 Å². The summed E-state index contributed by atoms with van der Waals surface area (Å²) in [4.78, 5) is 9.44. The second kappa shape index (κ2) is 6.61. The molecule has 2 rings (SSSR count). The van der Waals surface area contributed by atoms with Crippen molar-refractivity contribution in [1.82, 2.24) is 25.1 Å². The Morgan fingerprint density at radius 3 is 2.25 bits per heavy atom. The molecule has 2 aromatic heterocycles. The Balaban J connectivity index is 2.46. The summed E-state index contributed by atoms with van der Waals surface area (Å²) in [5, 5.41) is 7.60. The maximum atomic E-state index is 4.72. The van der Waals surface area contributed by atoms with Crippen LogP contribution < -0.4 is 5.32 Å². The molecule has 0 spiro atoms. The van der Waals surface area contributed by atoms with Crippen LogP contribution in [0.4, 0.5) is 0 Å². The van der Waals surface area contributed by atoms with Gasteiger partial charge in [-0.15, -0.1) is 0 Å². The van der Waals surface area contributed by atoms with E-state index in [9.17, 15) is 0 Å². The van der Waals surface area contributed by atoms with Gasteiger partial charge in [-0.1, -0.05) is 13.8 Å². The highest BCUT2D eigenvalue weighted by molar-refractivity contribution is 5.50. The summed E-state index contributed by atoms with van der Waals surface area (Å²) in [5.41, 5.74) is 4.43. The Morgan fingerprint density at radius 1 is 1.15 bits per heavy atom. The van der Waals surface area contributed by atoms with Crippen LogP contribution in [0.15, 0.2) is 12.3 Å². The molecule has 0 saturated carbocycles. The topological polar surface area (TPSA) is 55.6 Å². The second-order valence-electron chi connectivity index (χ2n) is 4.85. The minimum Gasteiger partial charge on any atom is -0.319 e. The van der Waals surface area contributed by atoms with E-state index in [2.05, 4.69) is 24.3 Å². The van der Waals surface area contributed by atoms with E-state index in [0.717, 1.165) is 48.7 Å². The Kier molecular flexibility index (Phi) is 4.84. The maximum Gasteiger partial charge on any atom is 0.180 e. The van der Waals surface area contributed by atoms with Gasteiger partial charge in [0.1, 0.15) is 5.69 Å². The van der Waals surface area contributed by atoms with Gasteiger partial charge in [0.05, 0.1) is 0 Å². The van der Waals surface area contributed by atoms with Crippen molar-refractivity contribution < 1.29 is 0 Å². The van der Waals surface area contributed by atoms with E-state index < -0.39 is 0 Å². The van der Waals surface area contributed by atoms with Crippen LogP contribution in [0.3, 0.4) is 0 Å². The smallest absolute Gasteiger partial charge is 0.180 e. The lowest BCUT2D eigenvalue weighted by atomic mass is 10.0. The fourth-order valence-electron chi connectivity index (χ4n) is 2.35. The fourth-order valence-corrected chi connectivity index (χ4v) is 2.35. The summed E-state index contributed by atoms with van der Waals surface area (Å²) in [6, 6.07) is 1.96. The lowest BCUT2D eigenvalue weighted by Gasteiger charge is -2.13. The zero-order chi connectivity index (χ0) is 14.5. The quantitative estimate of drug-likeness (QED) is 0.871. The van der Waals surface area contributed by atoms with Crippen LogP contribution in [0.1, 0.15) is 30.8 Å². The number of aryl methyl sites for hydroxylation is 3. The SMILES string of the molecule is CCc1nc(-c2ccn(C)n2)nc(CC)c1CCNC. The highest BCUT2D eigenvalue weighted by Crippen LogP contribution is 2.19. The van der Waals surface area contributed by atoms with Crippen molar-refractivity contribution in [3.05, 3.63) is 29.2 Å². The molecule has 2 heterocycles. The number of aromatic nitrogens is 4. The summed E-state index contributed by atoms with van der Waals surface area (Å²) in [6.45, 7) is 5.24. The van der Waals surface area contributed by atoms with Crippen LogP contribution in [0.2, 0.25) is 0 Å². The summed E-state index contributed by atoms with van der Waals surface area (Å²) < 4.78 is 1.78. The van der Waals surface area contributed by atoms with Gasteiger partial charge in [0.2, 0.25) is 0 Å². The lowest BCUT2D eigenvalue weighted by molar-refractivity contribution is 0.753. The van der Waals surface area contributed by atoms with E-state index in [1.807, 2.05) is 26.4 Å². The van der Waals surface area contributed by atoms with Crippen molar-refractivity contribution in [2.45, 2.75) is 33.1 Å². The number of nitrogens with one attached hydrogen (secondary N) is 1. The van der Waals surface area contributed by atoms with Gasteiger partial charge in [-0.25, -0.2) is 9.97 Å². The Bertz CT molecular complexity index is 548. The number of hydrogen-bond donors (Lipinski definition) is 1. The number of likely N-dealkylation sites (N-methyl/N-ethyl adjacent to an activating group) is 1. The zero-order valence-corrected chi connectivity index (χ0v) is 12.8. The van der Waals surface area contributed by atoms with Crippen molar-refractivity contribution in [2.75, 3.05) is 13.6 Å². The highest BCUT2D eigenvalue weighted by atomic mass is 15.3. The van der Waals surface area contributed by atoms with Gasteiger partial charge in [-0.2, -0.15) is 5.10 Å². The largest absolute Gasteiger partial charge is 0.319 e. The first-order chi connectivity index (χ1) is 9.69. The van der Waals surface area contributed by atoms with Crippen molar-refractivity contribution in [1.29, 1.82) is 0 Å². The molecule has 5 nitrogen and oxygen atoms in total. The molecule has 0 unspecified atom stereocenters. The van der Waals surface area contributed by atoms with Gasteiger partial charge in [0.25, 0.3) is 0 Å². The molecule has 0 aliphatic heterocycles. The third-order valence-corrected chi connectivity index (χ3v) is 3.42. The van der Waals surface area contributed by atoms with Gasteiger partial charge in [-0.3, -0.25) is 4.68 Å². The minimum absolute atomic E-state index is 0.743. The first-order valence-electron chi connectivity index (χ1n) is 7.22. The van der Waals surface area contributed by atoms with Crippen molar-refractivity contribution in [3.63, 3.8) is 0 Å². The highest BCUT2D eigenvalue weighted by Gasteiger charge is 2.14. The van der Waals surface area contributed by atoms with Crippen LogP contribution >= 0.6 is 0 Å². The maximum absolute atomic E-state index is 4.72. The molecule has 0 saturated heterocycles. The molecule has 20 heavy (non-hydrogen) atoms. The third kappa shape index (κ3) is 3.04. The molecule has 0 aliphatic rings. The molecular formula is C15H23N5. The average Bonchev–Trinajstić information content (AvgIpc) is 2.90. The number of hydrogen-bond acceptors (Lipinski definition) is 4. The Labute approximate surface area is 120 Å². The van der Waals surface area contributed by atoms with Crippen LogP contribution in [0.5, 0.6) is 0 Å². The Morgan fingerprint density at radius 2 is 1.80 bits per heavy atom. The number of nitrogens with zero attached hydrogens (tertiary/aromatic N) is 4. The van der Waals surface area contributed by atoms with Crippen molar-refractivity contribution >= 4 is 0 Å². The monoisotopic (exact) mass is 273 g/mol. The van der Waals surface area contributed by atoms with Gasteiger partial charge in [0.15, 0.2) is 5.82 Å². The summed E-state index contributed by atoms with van der Waals surface area (Å²) in [6.07, 6.45) is 4.75. The standard InChI is InChI=1S/C15H23N5/c1-5-12-11(7-9-16-3)13(6-2)18-15(17-12)14-8-10-20(4)19-14/h8,10,16H,5-7,9H2,1-4H3. The lowest BCUT2D eigenvalue weighted by Crippen LogP contribution is -2.15. The molecule has 1 N–H and O–H groups in total. The van der Waals surface area contributed by atoms with E-state index in [0.29, 0.717) is 0 Å². The second-order valence-corrected chi connectivity index (χ2v) is 4.85. The molecule has 0 amide bonds. The normalized spacial score (nSPS) is 11.0. The summed E-state index contributed by atoms with van der Waals surface area (Å²) in [5.74, 6) is 0.743. The van der Waals surface area contributed by atoms with E-state index in [1.54, 1.807) is 4.68 Å². The fraction of sp³-hybridized carbons (Fsp3) is 0.533. The molecule has 0 aliphatic carbocycles. The van der Waals surface area contributed by atoms with Crippen molar-refractivity contribution in [2.24, 2.45) is 7.05 Å². The van der Waals surface area contributed by atoms with E-state index >= 15 is 0 Å². The predicted molar refractivity (Wildman–Crippen MR) is 80.6 cm³/mol. The van der Waals surface area contributed by atoms with E-state index in [1.165, 1.54) is 5.56 Å². The molecule has 5 heteroatoms. The third-order valence-electron chi connectivity index (χ3n) is 3.42. The number of rotatable bonds is 6. The predicted octanol–water partition coefficient (Wildman–Crippen LogP) is 1.76. The minimum atomic E-state index is 0.743. The zero-order valence-electron chi connectivity index (χ0n) is 12.8. The van der Waals surface area contributed by atoms with E-state index in [-0.39, 0.29) is 0 Å². The molecule has 108 valence electrons. The molecule has 0 bridgehead atoms. The molecule has 0 aromatic carbocycles. The van der Waals surface area contributed by atoms with E-state index in [4.69, 9.17) is 9.97 Å². The van der Waals surface area contributed by atoms with Crippen LogP contribution in [-0.4, -0.2) is 33.3 Å². The van der Waals surface area contributed by atoms with Gasteiger partial charge in [-0.05, 0) is 44.5 Å². The Hall–Kier alpha value is -1.75. The molecule has 0 radical (unpaired) electrons. The van der Waals surface area contributed by atoms with Crippen LogP contribution in [-0.2, 0) is 26.3 Å². The first-order valence-corrected chi connectivity index (χ1v) is 7.22. The van der Waals surface area contributed by atoms with Gasteiger partial charge < -0.3 is 5.32 Å². The molecular weight excluding hydrogens is 250 g/mol. The van der Waals surface area contributed by atoms with Crippen LogP contribution in [0, 0.1) is 0 Å². The molecule has 2 aromatic rings. The summed E-state index contributed by atoms with van der Waals surface area (Å²) in [7, 11) is 3.88. The van der Waals surface area contributed by atoms with Crippen molar-refractivity contribution in [3.8, 4) is 11.5 Å². The first kappa shape index (κ1) is 14.7. The van der Waals surface area contributed by atoms with Crippen LogP contribution in [0.25, 0.3) is 11.5 Å². The molecule has 0 fully saturated rings. The van der Waals surface area contributed by atoms with Gasteiger partial charge in [0, 0.05) is 24.6 Å². The average molecular weight is 273 g/mol.